The Hall–Kier alpha value is -2.72. The maximum absolute atomic E-state index is 13.2. The van der Waals surface area contributed by atoms with Crippen LogP contribution in [-0.2, 0) is 24.9 Å². The second kappa shape index (κ2) is 9.14. The Morgan fingerprint density at radius 3 is 2.71 bits per heavy atom. The first-order valence-electron chi connectivity index (χ1n) is 12.0. The highest BCUT2D eigenvalue weighted by Crippen LogP contribution is 2.33. The van der Waals surface area contributed by atoms with Crippen molar-refractivity contribution in [3.05, 3.63) is 29.8 Å². The van der Waals surface area contributed by atoms with Gasteiger partial charge in [-0.05, 0) is 39.7 Å². The molecular formula is C24H37N7O2Si. The third kappa shape index (κ3) is 5.33. The van der Waals surface area contributed by atoms with E-state index in [1.165, 1.54) is 5.69 Å². The summed E-state index contributed by atoms with van der Waals surface area (Å²) in [5, 5.41) is 7.49. The Labute approximate surface area is 202 Å². The molecule has 9 nitrogen and oxygen atoms in total. The highest BCUT2D eigenvalue weighted by molar-refractivity contribution is 6.76. The Morgan fingerprint density at radius 2 is 2.00 bits per heavy atom. The Morgan fingerprint density at radius 1 is 1.24 bits per heavy atom. The molecule has 0 saturated carbocycles. The number of fused-ring (bicyclic) bond motifs is 2. The molecule has 0 unspecified atom stereocenters. The first kappa shape index (κ1) is 24.4. The molecule has 3 aromatic heterocycles. The van der Waals surface area contributed by atoms with Gasteiger partial charge in [-0.3, -0.25) is 9.48 Å². The van der Waals surface area contributed by atoms with E-state index in [9.17, 15) is 4.79 Å². The maximum Gasteiger partial charge on any atom is 0.255 e. The normalized spacial score (nSPS) is 14.5. The van der Waals surface area contributed by atoms with Gasteiger partial charge >= 0.3 is 0 Å². The molecule has 0 radical (unpaired) electrons. The first-order valence-corrected chi connectivity index (χ1v) is 15.7. The predicted octanol–water partition coefficient (Wildman–Crippen LogP) is 4.09. The third-order valence-corrected chi connectivity index (χ3v) is 7.62. The summed E-state index contributed by atoms with van der Waals surface area (Å²) in [6.07, 6.45) is 7.48. The number of aromatic nitrogens is 5. The summed E-state index contributed by atoms with van der Waals surface area (Å²) in [5.74, 6) is 0.564. The smallest absolute Gasteiger partial charge is 0.255 e. The van der Waals surface area contributed by atoms with Crippen LogP contribution < -0.4 is 10.2 Å². The van der Waals surface area contributed by atoms with Gasteiger partial charge in [-0.2, -0.15) is 5.10 Å². The van der Waals surface area contributed by atoms with Crippen molar-refractivity contribution in [2.45, 2.75) is 71.6 Å². The average molecular weight is 484 g/mol. The predicted molar refractivity (Wildman–Crippen MR) is 137 cm³/mol. The molecule has 34 heavy (non-hydrogen) atoms. The van der Waals surface area contributed by atoms with E-state index in [1.807, 2.05) is 49.5 Å². The number of carbonyl (C=O) groups excluding carboxylic acids is 1. The standard InChI is InChI=1S/C24H37N7O2Si/c1-24(2,3)28-23(32)17-15-30(16-33-11-12-34(5,6)7)22-21(17)27-20(14-25-22)31-10-8-9-18-19(31)13-26-29(18)4/h13-15H,8-12,16H2,1-7H3,(H,28,32). The number of rotatable bonds is 7. The van der Waals surface area contributed by atoms with E-state index in [2.05, 4.69) is 35.0 Å². The molecule has 0 aromatic carbocycles. The van der Waals surface area contributed by atoms with Gasteiger partial charge in [0.1, 0.15) is 12.2 Å². The summed E-state index contributed by atoms with van der Waals surface area (Å²) in [6.45, 7) is 14.8. The number of ether oxygens (including phenoxy) is 1. The fourth-order valence-electron chi connectivity index (χ4n) is 4.12. The highest BCUT2D eigenvalue weighted by Gasteiger charge is 2.26. The maximum atomic E-state index is 13.2. The van der Waals surface area contributed by atoms with E-state index < -0.39 is 8.07 Å². The second-order valence-corrected chi connectivity index (χ2v) is 16.9. The number of anilines is 2. The molecule has 0 aliphatic carbocycles. The molecule has 184 valence electrons. The van der Waals surface area contributed by atoms with E-state index in [0.29, 0.717) is 30.1 Å². The van der Waals surface area contributed by atoms with Crippen LogP contribution in [0.2, 0.25) is 25.7 Å². The summed E-state index contributed by atoms with van der Waals surface area (Å²) >= 11 is 0. The van der Waals surface area contributed by atoms with Crippen molar-refractivity contribution in [2.24, 2.45) is 7.05 Å². The van der Waals surface area contributed by atoms with Crippen molar-refractivity contribution >= 4 is 36.7 Å². The van der Waals surface area contributed by atoms with Crippen LogP contribution >= 0.6 is 0 Å². The molecule has 0 spiro atoms. The topological polar surface area (TPSA) is 90.1 Å². The number of aryl methyl sites for hydroxylation is 1. The van der Waals surface area contributed by atoms with Gasteiger partial charge in [0.05, 0.1) is 29.3 Å². The largest absolute Gasteiger partial charge is 0.361 e. The zero-order valence-electron chi connectivity index (χ0n) is 21.5. The SMILES string of the molecule is Cn1ncc2c1CCCN2c1cnc2c(n1)c(C(=O)NC(C)(C)C)cn2COCC[Si](C)(C)C. The number of hydrogen-bond donors (Lipinski definition) is 1. The van der Waals surface area contributed by atoms with Crippen LogP contribution in [0.4, 0.5) is 11.5 Å². The fraction of sp³-hybridized carbons (Fsp3) is 0.583. The zero-order chi connectivity index (χ0) is 24.7. The monoisotopic (exact) mass is 483 g/mol. The highest BCUT2D eigenvalue weighted by atomic mass is 28.3. The van der Waals surface area contributed by atoms with Crippen LogP contribution in [0.25, 0.3) is 11.2 Å². The number of hydrogen-bond acceptors (Lipinski definition) is 6. The molecule has 1 aliphatic heterocycles. The summed E-state index contributed by atoms with van der Waals surface area (Å²) in [6, 6.07) is 1.09. The first-order chi connectivity index (χ1) is 15.9. The molecule has 4 rings (SSSR count). The molecular weight excluding hydrogens is 446 g/mol. The Bertz CT molecular complexity index is 1190. The van der Waals surface area contributed by atoms with Crippen molar-refractivity contribution in [3.8, 4) is 0 Å². The van der Waals surface area contributed by atoms with Crippen molar-refractivity contribution < 1.29 is 9.53 Å². The van der Waals surface area contributed by atoms with Crippen LogP contribution in [0.1, 0.15) is 43.2 Å². The molecule has 4 heterocycles. The zero-order valence-corrected chi connectivity index (χ0v) is 22.5. The minimum absolute atomic E-state index is 0.162. The van der Waals surface area contributed by atoms with Gasteiger partial charge < -0.3 is 19.5 Å². The number of amides is 1. The lowest BCUT2D eigenvalue weighted by molar-refractivity contribution is 0.0886. The molecule has 1 amide bonds. The lowest BCUT2D eigenvalue weighted by Gasteiger charge is -2.27. The molecule has 0 bridgehead atoms. The molecule has 10 heteroatoms. The van der Waals surface area contributed by atoms with E-state index in [-0.39, 0.29) is 11.4 Å². The van der Waals surface area contributed by atoms with Gasteiger partial charge in [-0.1, -0.05) is 19.6 Å². The average Bonchev–Trinajstić information content (AvgIpc) is 3.30. The van der Waals surface area contributed by atoms with Gasteiger partial charge in [0, 0.05) is 40.0 Å². The number of nitrogens with one attached hydrogen (secondary N) is 1. The molecule has 0 atom stereocenters. The van der Waals surface area contributed by atoms with E-state index >= 15 is 0 Å². The van der Waals surface area contributed by atoms with Crippen molar-refractivity contribution in [1.29, 1.82) is 0 Å². The van der Waals surface area contributed by atoms with Crippen LogP contribution in [-0.4, -0.2) is 57.0 Å². The van der Waals surface area contributed by atoms with E-state index in [4.69, 9.17) is 14.7 Å². The van der Waals surface area contributed by atoms with Crippen LogP contribution in [0, 0.1) is 0 Å². The number of nitrogens with zero attached hydrogens (tertiary/aromatic N) is 6. The van der Waals surface area contributed by atoms with E-state index in [0.717, 1.165) is 36.9 Å². The van der Waals surface area contributed by atoms with Crippen LogP contribution in [0.3, 0.4) is 0 Å². The summed E-state index contributed by atoms with van der Waals surface area (Å²) in [5.41, 5.74) is 3.63. The second-order valence-electron chi connectivity index (χ2n) is 11.3. The van der Waals surface area contributed by atoms with Gasteiger partial charge in [-0.25, -0.2) is 9.97 Å². The van der Waals surface area contributed by atoms with Crippen LogP contribution in [0.15, 0.2) is 18.6 Å². The minimum atomic E-state index is -1.18. The third-order valence-electron chi connectivity index (χ3n) is 5.91. The van der Waals surface area contributed by atoms with Gasteiger partial charge in [0.2, 0.25) is 0 Å². The lowest BCUT2D eigenvalue weighted by Crippen LogP contribution is -2.40. The quantitative estimate of drug-likeness (QED) is 0.402. The fourth-order valence-corrected chi connectivity index (χ4v) is 4.87. The van der Waals surface area contributed by atoms with Crippen molar-refractivity contribution in [3.63, 3.8) is 0 Å². The summed E-state index contributed by atoms with van der Waals surface area (Å²) in [7, 11) is 0.785. The van der Waals surface area contributed by atoms with Gasteiger partial charge in [0.15, 0.2) is 11.5 Å². The Balaban J connectivity index is 1.69. The van der Waals surface area contributed by atoms with Crippen molar-refractivity contribution in [2.75, 3.05) is 18.1 Å². The lowest BCUT2D eigenvalue weighted by atomic mass is 10.1. The van der Waals surface area contributed by atoms with Crippen LogP contribution in [0.5, 0.6) is 0 Å². The molecule has 0 saturated heterocycles. The molecule has 1 N–H and O–H groups in total. The molecule has 1 aliphatic rings. The Kier molecular flexibility index (Phi) is 6.56. The number of carbonyl (C=O) groups is 1. The summed E-state index contributed by atoms with van der Waals surface area (Å²) < 4.78 is 9.78. The van der Waals surface area contributed by atoms with E-state index in [1.54, 1.807) is 6.20 Å². The minimum Gasteiger partial charge on any atom is -0.361 e. The molecule has 3 aromatic rings. The summed E-state index contributed by atoms with van der Waals surface area (Å²) in [4.78, 5) is 25.0. The van der Waals surface area contributed by atoms with Gasteiger partial charge in [-0.15, -0.1) is 0 Å². The van der Waals surface area contributed by atoms with Crippen molar-refractivity contribution in [1.82, 2.24) is 29.6 Å². The van der Waals surface area contributed by atoms with Gasteiger partial charge in [0.25, 0.3) is 5.91 Å². The molecule has 0 fully saturated rings.